The Balaban J connectivity index is 2.26. The van der Waals surface area contributed by atoms with Gasteiger partial charge in [-0.15, -0.1) is 11.3 Å². The molecule has 0 aliphatic rings. The van der Waals surface area contributed by atoms with Gasteiger partial charge in [-0.2, -0.15) is 0 Å². The fourth-order valence-electron chi connectivity index (χ4n) is 1.91. The van der Waals surface area contributed by atoms with Gasteiger partial charge >= 0.3 is 0 Å². The standard InChI is InChI=1S/C16H17N3OS/c1-10-6-7-13(5-4-8-17)9-14(10)19-16(20)15-11(2)18-12(3)21-15/h6-7,9H,8,17H2,1-3H3,(H,19,20). The van der Waals surface area contributed by atoms with Crippen LogP contribution < -0.4 is 11.1 Å². The Labute approximate surface area is 128 Å². The van der Waals surface area contributed by atoms with Crippen molar-refractivity contribution in [2.75, 3.05) is 11.9 Å². The predicted octanol–water partition coefficient (Wildman–Crippen LogP) is 2.63. The van der Waals surface area contributed by atoms with E-state index in [4.69, 9.17) is 5.73 Å². The maximum absolute atomic E-state index is 12.3. The molecule has 1 heterocycles. The number of carbonyl (C=O) groups excluding carboxylic acids is 1. The number of thiazole rings is 1. The van der Waals surface area contributed by atoms with Crippen LogP contribution in [0.2, 0.25) is 0 Å². The molecule has 1 amide bonds. The van der Waals surface area contributed by atoms with Crippen molar-refractivity contribution in [1.29, 1.82) is 0 Å². The average Bonchev–Trinajstić information content (AvgIpc) is 2.78. The van der Waals surface area contributed by atoms with Gasteiger partial charge in [-0.3, -0.25) is 4.79 Å². The third-order valence-corrected chi connectivity index (χ3v) is 4.00. The molecule has 108 valence electrons. The van der Waals surface area contributed by atoms with Crippen molar-refractivity contribution in [3.63, 3.8) is 0 Å². The Morgan fingerprint density at radius 3 is 2.76 bits per heavy atom. The van der Waals surface area contributed by atoms with E-state index in [2.05, 4.69) is 22.1 Å². The lowest BCUT2D eigenvalue weighted by Gasteiger charge is -2.08. The lowest BCUT2D eigenvalue weighted by molar-refractivity contribution is 0.102. The summed E-state index contributed by atoms with van der Waals surface area (Å²) in [6.07, 6.45) is 0. The molecule has 0 aliphatic heterocycles. The van der Waals surface area contributed by atoms with E-state index in [0.717, 1.165) is 27.5 Å². The minimum Gasteiger partial charge on any atom is -0.321 e. The van der Waals surface area contributed by atoms with Gasteiger partial charge in [0.25, 0.3) is 5.91 Å². The number of aromatic nitrogens is 1. The lowest BCUT2D eigenvalue weighted by atomic mass is 10.1. The summed E-state index contributed by atoms with van der Waals surface area (Å²) in [5, 5.41) is 3.82. The first-order valence-electron chi connectivity index (χ1n) is 6.56. The molecule has 0 saturated heterocycles. The van der Waals surface area contributed by atoms with Crippen molar-refractivity contribution < 1.29 is 4.79 Å². The highest BCUT2D eigenvalue weighted by molar-refractivity contribution is 7.13. The Kier molecular flexibility index (Phi) is 4.73. The molecule has 0 aliphatic carbocycles. The monoisotopic (exact) mass is 299 g/mol. The third-order valence-electron chi connectivity index (χ3n) is 2.93. The van der Waals surface area contributed by atoms with Gasteiger partial charge in [0.2, 0.25) is 0 Å². The molecule has 0 saturated carbocycles. The lowest BCUT2D eigenvalue weighted by Crippen LogP contribution is -2.12. The number of nitrogens with two attached hydrogens (primary N) is 1. The zero-order valence-corrected chi connectivity index (χ0v) is 13.1. The number of benzene rings is 1. The zero-order valence-electron chi connectivity index (χ0n) is 12.3. The van der Waals surface area contributed by atoms with Crippen molar-refractivity contribution in [2.45, 2.75) is 20.8 Å². The molecule has 0 atom stereocenters. The van der Waals surface area contributed by atoms with Crippen LogP contribution in [0.5, 0.6) is 0 Å². The SMILES string of the molecule is Cc1nc(C)c(C(=O)Nc2cc(C#CCN)ccc2C)s1. The third kappa shape index (κ3) is 3.69. The molecule has 0 spiro atoms. The second-order valence-electron chi connectivity index (χ2n) is 4.64. The molecule has 0 unspecified atom stereocenters. The zero-order chi connectivity index (χ0) is 15.4. The molecular weight excluding hydrogens is 282 g/mol. The van der Waals surface area contributed by atoms with E-state index >= 15 is 0 Å². The summed E-state index contributed by atoms with van der Waals surface area (Å²) in [6.45, 7) is 5.99. The molecule has 0 fully saturated rings. The molecule has 0 bridgehead atoms. The van der Waals surface area contributed by atoms with E-state index in [1.807, 2.05) is 39.0 Å². The fourth-order valence-corrected chi connectivity index (χ4v) is 2.72. The number of aryl methyl sites for hydroxylation is 3. The van der Waals surface area contributed by atoms with Crippen LogP contribution in [-0.2, 0) is 0 Å². The van der Waals surface area contributed by atoms with Crippen molar-refractivity contribution in [2.24, 2.45) is 5.73 Å². The predicted molar refractivity (Wildman–Crippen MR) is 86.7 cm³/mol. The van der Waals surface area contributed by atoms with Crippen LogP contribution in [0.15, 0.2) is 18.2 Å². The number of nitrogens with zero attached hydrogens (tertiary/aromatic N) is 1. The first-order chi connectivity index (χ1) is 10.0. The summed E-state index contributed by atoms with van der Waals surface area (Å²) in [5.74, 6) is 5.64. The van der Waals surface area contributed by atoms with E-state index < -0.39 is 0 Å². The summed E-state index contributed by atoms with van der Waals surface area (Å²) >= 11 is 1.40. The minimum atomic E-state index is -0.134. The van der Waals surface area contributed by atoms with Crippen LogP contribution in [-0.4, -0.2) is 17.4 Å². The maximum Gasteiger partial charge on any atom is 0.267 e. The summed E-state index contributed by atoms with van der Waals surface area (Å²) in [6, 6.07) is 5.70. The van der Waals surface area contributed by atoms with E-state index in [-0.39, 0.29) is 5.91 Å². The molecular formula is C16H17N3OS. The van der Waals surface area contributed by atoms with Crippen molar-refractivity contribution in [3.05, 3.63) is 44.9 Å². The van der Waals surface area contributed by atoms with Crippen LogP contribution >= 0.6 is 11.3 Å². The van der Waals surface area contributed by atoms with Gasteiger partial charge in [-0.05, 0) is 38.5 Å². The van der Waals surface area contributed by atoms with Crippen LogP contribution in [0.25, 0.3) is 0 Å². The van der Waals surface area contributed by atoms with Gasteiger partial charge < -0.3 is 11.1 Å². The van der Waals surface area contributed by atoms with Gasteiger partial charge in [0.1, 0.15) is 4.88 Å². The van der Waals surface area contributed by atoms with Crippen molar-refractivity contribution in [1.82, 2.24) is 4.98 Å². The largest absolute Gasteiger partial charge is 0.321 e. The highest BCUT2D eigenvalue weighted by atomic mass is 32.1. The summed E-state index contributed by atoms with van der Waals surface area (Å²) in [7, 11) is 0. The van der Waals surface area contributed by atoms with E-state index in [1.54, 1.807) is 0 Å². The van der Waals surface area contributed by atoms with Gasteiger partial charge in [-0.1, -0.05) is 17.9 Å². The fraction of sp³-hybridized carbons (Fsp3) is 0.250. The number of rotatable bonds is 2. The highest BCUT2D eigenvalue weighted by Crippen LogP contribution is 2.21. The molecule has 4 nitrogen and oxygen atoms in total. The molecule has 1 aromatic heterocycles. The number of anilines is 1. The van der Waals surface area contributed by atoms with Gasteiger partial charge in [0.15, 0.2) is 0 Å². The number of nitrogens with one attached hydrogen (secondary N) is 1. The Morgan fingerprint density at radius 1 is 1.38 bits per heavy atom. The Bertz CT molecular complexity index is 738. The summed E-state index contributed by atoms with van der Waals surface area (Å²) in [4.78, 5) is 17.2. The molecule has 21 heavy (non-hydrogen) atoms. The molecule has 2 rings (SSSR count). The maximum atomic E-state index is 12.3. The minimum absolute atomic E-state index is 0.134. The van der Waals surface area contributed by atoms with E-state index in [1.165, 1.54) is 11.3 Å². The summed E-state index contributed by atoms with van der Waals surface area (Å²) in [5.41, 5.74) is 8.70. The van der Waals surface area contributed by atoms with E-state index in [9.17, 15) is 4.79 Å². The molecule has 1 aromatic carbocycles. The van der Waals surface area contributed by atoms with Gasteiger partial charge in [-0.25, -0.2) is 4.98 Å². The highest BCUT2D eigenvalue weighted by Gasteiger charge is 2.14. The average molecular weight is 299 g/mol. The number of amides is 1. The van der Waals surface area contributed by atoms with Crippen LogP contribution in [0.1, 0.15) is 31.5 Å². The second kappa shape index (κ2) is 6.53. The molecule has 5 heteroatoms. The van der Waals surface area contributed by atoms with Gasteiger partial charge in [0.05, 0.1) is 17.2 Å². The number of hydrogen-bond acceptors (Lipinski definition) is 4. The van der Waals surface area contributed by atoms with Crippen LogP contribution in [0.4, 0.5) is 5.69 Å². The first-order valence-corrected chi connectivity index (χ1v) is 7.38. The van der Waals surface area contributed by atoms with E-state index in [0.29, 0.717) is 11.4 Å². The van der Waals surface area contributed by atoms with Crippen LogP contribution in [0.3, 0.4) is 0 Å². The second-order valence-corrected chi connectivity index (χ2v) is 5.84. The quantitative estimate of drug-likeness (QED) is 0.838. The molecule has 3 N–H and O–H groups in total. The smallest absolute Gasteiger partial charge is 0.267 e. The first kappa shape index (κ1) is 15.2. The van der Waals surface area contributed by atoms with Crippen LogP contribution in [0, 0.1) is 32.6 Å². The normalized spacial score (nSPS) is 9.90. The Hall–Kier alpha value is -2.16. The molecule has 2 aromatic rings. The van der Waals surface area contributed by atoms with Crippen molar-refractivity contribution >= 4 is 22.9 Å². The van der Waals surface area contributed by atoms with Crippen molar-refractivity contribution in [3.8, 4) is 11.8 Å². The molecule has 0 radical (unpaired) electrons. The van der Waals surface area contributed by atoms with Gasteiger partial charge in [0, 0.05) is 11.3 Å². The Morgan fingerprint density at radius 2 is 2.14 bits per heavy atom. The number of carbonyl (C=O) groups is 1. The summed E-state index contributed by atoms with van der Waals surface area (Å²) < 4.78 is 0. The topological polar surface area (TPSA) is 68.0 Å². The number of hydrogen-bond donors (Lipinski definition) is 2.